The number of anilines is 1. The second-order valence-corrected chi connectivity index (χ2v) is 11.3. The highest BCUT2D eigenvalue weighted by molar-refractivity contribution is 8.00. The minimum Gasteiger partial charge on any atom is -0.503 e. The topological polar surface area (TPSA) is 96.5 Å². The van der Waals surface area contributed by atoms with Crippen molar-refractivity contribution in [3.8, 4) is 0 Å². The number of carbonyl (C=O) groups is 2. The Bertz CT molecular complexity index is 1620. The molecule has 0 fully saturated rings. The summed E-state index contributed by atoms with van der Waals surface area (Å²) in [4.78, 5) is 28.9. The summed E-state index contributed by atoms with van der Waals surface area (Å²) >= 11 is 3.93. The number of amides is 1. The fourth-order valence-corrected chi connectivity index (χ4v) is 6.71. The summed E-state index contributed by atoms with van der Waals surface area (Å²) in [6, 6.07) is 17.7. The minimum absolute atomic E-state index is 0.0340. The summed E-state index contributed by atoms with van der Waals surface area (Å²) in [5.41, 5.74) is 1.38. The number of nitrogens with zero attached hydrogens (tertiary/aromatic N) is 3. The number of aliphatic hydroxyl groups is 1. The van der Waals surface area contributed by atoms with Crippen LogP contribution in [0.4, 0.5) is 9.52 Å². The van der Waals surface area contributed by atoms with Gasteiger partial charge in [-0.2, -0.15) is 0 Å². The maximum absolute atomic E-state index is 13.6. The van der Waals surface area contributed by atoms with E-state index < -0.39 is 23.5 Å². The second-order valence-electron chi connectivity index (χ2n) is 8.10. The molecule has 1 N–H and O–H groups in total. The summed E-state index contributed by atoms with van der Waals surface area (Å²) in [5, 5.41) is 22.1. The van der Waals surface area contributed by atoms with E-state index in [1.807, 2.05) is 23.6 Å². The van der Waals surface area contributed by atoms with Gasteiger partial charge in [0.25, 0.3) is 5.91 Å². The van der Waals surface area contributed by atoms with Gasteiger partial charge in [-0.05, 0) is 41.3 Å². The van der Waals surface area contributed by atoms with Gasteiger partial charge >= 0.3 is 0 Å². The summed E-state index contributed by atoms with van der Waals surface area (Å²) in [5.74, 6) is -1.68. The van der Waals surface area contributed by atoms with Crippen LogP contribution < -0.4 is 4.90 Å². The van der Waals surface area contributed by atoms with E-state index in [-0.39, 0.29) is 22.3 Å². The number of thiophene rings is 1. The predicted octanol–water partition coefficient (Wildman–Crippen LogP) is 6.56. The molecule has 4 heterocycles. The highest BCUT2D eigenvalue weighted by Crippen LogP contribution is 2.45. The van der Waals surface area contributed by atoms with Gasteiger partial charge in [-0.25, -0.2) is 4.39 Å². The molecular formula is C26H16FN3O4S3. The Kier molecular flexibility index (Phi) is 6.11. The molecule has 1 atom stereocenters. The Balaban J connectivity index is 1.32. The van der Waals surface area contributed by atoms with E-state index in [1.165, 1.54) is 51.5 Å². The first-order valence-corrected chi connectivity index (χ1v) is 13.7. The number of carbonyl (C=O) groups excluding carboxylic acids is 2. The van der Waals surface area contributed by atoms with Crippen molar-refractivity contribution in [3.63, 3.8) is 0 Å². The molecule has 3 aromatic heterocycles. The molecule has 2 aromatic carbocycles. The molecule has 1 amide bonds. The first kappa shape index (κ1) is 23.6. The lowest BCUT2D eigenvalue weighted by Crippen LogP contribution is -2.30. The normalized spacial score (nSPS) is 15.8. The van der Waals surface area contributed by atoms with E-state index in [0.717, 1.165) is 10.9 Å². The zero-order valence-electron chi connectivity index (χ0n) is 18.8. The van der Waals surface area contributed by atoms with Crippen LogP contribution in [-0.4, -0.2) is 27.0 Å². The third-order valence-electron chi connectivity index (χ3n) is 5.79. The quantitative estimate of drug-likeness (QED) is 0.140. The monoisotopic (exact) mass is 549 g/mol. The fourth-order valence-electron chi connectivity index (χ4n) is 4.06. The highest BCUT2D eigenvalue weighted by atomic mass is 32.2. The number of thioether (sulfide) groups is 1. The summed E-state index contributed by atoms with van der Waals surface area (Å²) < 4.78 is 19.5. The van der Waals surface area contributed by atoms with Crippen molar-refractivity contribution in [1.82, 2.24) is 10.2 Å². The standard InChI is InChI=1S/C26H16FN3O4S3/c27-16-9-7-14(8-10-16)13-36-26-29-28-25(37-26)30-21(19-6-3-11-35-19)20(23(32)24(30)33)22(31)18-12-15-4-1-2-5-17(15)34-18/h1-12,21,32H,13H2. The zero-order valence-corrected chi connectivity index (χ0v) is 21.3. The SMILES string of the molecule is O=C(C1=C(O)C(=O)N(c2nnc(SCc3ccc(F)cc3)s2)C1c1cccs1)c1cc2ccccc2o1. The predicted molar refractivity (Wildman–Crippen MR) is 141 cm³/mol. The van der Waals surface area contributed by atoms with Crippen LogP contribution in [0, 0.1) is 5.82 Å². The number of hydrogen-bond acceptors (Lipinski definition) is 9. The molecule has 5 aromatic rings. The number of benzene rings is 2. The van der Waals surface area contributed by atoms with E-state index in [2.05, 4.69) is 10.2 Å². The minimum atomic E-state index is -0.879. The first-order valence-electron chi connectivity index (χ1n) is 11.0. The second kappa shape index (κ2) is 9.58. The molecular weight excluding hydrogens is 534 g/mol. The van der Waals surface area contributed by atoms with Crippen LogP contribution in [0.1, 0.15) is 27.0 Å². The van der Waals surface area contributed by atoms with Crippen molar-refractivity contribution in [3.05, 3.63) is 105 Å². The molecule has 0 radical (unpaired) electrons. The zero-order chi connectivity index (χ0) is 25.5. The summed E-state index contributed by atoms with van der Waals surface area (Å²) in [6.07, 6.45) is 0. The van der Waals surface area contributed by atoms with Crippen LogP contribution in [-0.2, 0) is 10.5 Å². The number of halogens is 1. The van der Waals surface area contributed by atoms with Crippen molar-refractivity contribution >= 4 is 62.2 Å². The average molecular weight is 550 g/mol. The lowest BCUT2D eigenvalue weighted by atomic mass is 10.0. The Labute approximate surface area is 221 Å². The molecule has 1 aliphatic heterocycles. The van der Waals surface area contributed by atoms with Gasteiger partial charge in [0.05, 0.1) is 5.57 Å². The van der Waals surface area contributed by atoms with Crippen LogP contribution >= 0.6 is 34.4 Å². The van der Waals surface area contributed by atoms with Gasteiger partial charge in [0.15, 0.2) is 15.9 Å². The van der Waals surface area contributed by atoms with Crippen molar-refractivity contribution in [2.45, 2.75) is 16.1 Å². The van der Waals surface area contributed by atoms with Gasteiger partial charge in [-0.1, -0.05) is 59.5 Å². The molecule has 37 heavy (non-hydrogen) atoms. The van der Waals surface area contributed by atoms with E-state index in [0.29, 0.717) is 20.6 Å². The third-order valence-corrected chi connectivity index (χ3v) is 8.84. The smallest absolute Gasteiger partial charge is 0.296 e. The third kappa shape index (κ3) is 4.35. The molecule has 0 saturated carbocycles. The molecule has 6 rings (SSSR count). The molecule has 7 nitrogen and oxygen atoms in total. The lowest BCUT2D eigenvalue weighted by Gasteiger charge is -2.22. The van der Waals surface area contributed by atoms with Gasteiger partial charge in [0.1, 0.15) is 17.4 Å². The maximum atomic E-state index is 13.6. The number of furan rings is 1. The van der Waals surface area contributed by atoms with Gasteiger partial charge in [-0.3, -0.25) is 14.5 Å². The first-order chi connectivity index (χ1) is 18.0. The largest absolute Gasteiger partial charge is 0.503 e. The molecule has 0 bridgehead atoms. The Morgan fingerprint density at radius 1 is 1.11 bits per heavy atom. The molecule has 184 valence electrons. The number of rotatable bonds is 7. The van der Waals surface area contributed by atoms with Crippen LogP contribution in [0.25, 0.3) is 11.0 Å². The molecule has 0 saturated heterocycles. The molecule has 0 spiro atoms. The van der Waals surface area contributed by atoms with Gasteiger partial charge < -0.3 is 9.52 Å². The van der Waals surface area contributed by atoms with Crippen molar-refractivity contribution < 1.29 is 23.5 Å². The van der Waals surface area contributed by atoms with Crippen LogP contribution in [0.2, 0.25) is 0 Å². The Morgan fingerprint density at radius 2 is 1.92 bits per heavy atom. The number of aliphatic hydroxyl groups excluding tert-OH is 1. The van der Waals surface area contributed by atoms with E-state index in [4.69, 9.17) is 4.42 Å². The Hall–Kier alpha value is -3.80. The number of ketones is 1. The average Bonchev–Trinajstić information content (AvgIpc) is 3.70. The number of fused-ring (bicyclic) bond motifs is 1. The van der Waals surface area contributed by atoms with E-state index in [9.17, 15) is 19.1 Å². The molecule has 0 aliphatic carbocycles. The van der Waals surface area contributed by atoms with Crippen molar-refractivity contribution in [2.24, 2.45) is 0 Å². The number of aromatic nitrogens is 2. The maximum Gasteiger partial charge on any atom is 0.296 e. The number of Topliss-reactive ketones (excluding diaryl/α,β-unsaturated/α-hetero) is 1. The fraction of sp³-hybridized carbons (Fsp3) is 0.0769. The lowest BCUT2D eigenvalue weighted by molar-refractivity contribution is -0.117. The van der Waals surface area contributed by atoms with Gasteiger partial charge in [0, 0.05) is 16.0 Å². The summed E-state index contributed by atoms with van der Waals surface area (Å²) in [6.45, 7) is 0. The molecule has 11 heteroatoms. The van der Waals surface area contributed by atoms with Crippen LogP contribution in [0.3, 0.4) is 0 Å². The van der Waals surface area contributed by atoms with Crippen molar-refractivity contribution in [2.75, 3.05) is 4.90 Å². The number of hydrogen-bond donors (Lipinski definition) is 1. The van der Waals surface area contributed by atoms with Crippen LogP contribution in [0.5, 0.6) is 0 Å². The number of para-hydroxylation sites is 1. The summed E-state index contributed by atoms with van der Waals surface area (Å²) in [7, 11) is 0. The van der Waals surface area contributed by atoms with Crippen LogP contribution in [0.15, 0.2) is 92.2 Å². The highest BCUT2D eigenvalue weighted by Gasteiger charge is 2.47. The van der Waals surface area contributed by atoms with Gasteiger partial charge in [-0.15, -0.1) is 21.5 Å². The molecule has 1 unspecified atom stereocenters. The Morgan fingerprint density at radius 3 is 2.68 bits per heavy atom. The van der Waals surface area contributed by atoms with Crippen molar-refractivity contribution in [1.29, 1.82) is 0 Å². The van der Waals surface area contributed by atoms with E-state index in [1.54, 1.807) is 36.4 Å². The van der Waals surface area contributed by atoms with E-state index >= 15 is 0 Å². The molecule has 1 aliphatic rings. The van der Waals surface area contributed by atoms with Gasteiger partial charge in [0.2, 0.25) is 10.9 Å².